The van der Waals surface area contributed by atoms with Crippen LogP contribution in [0.15, 0.2) is 28.7 Å². The van der Waals surface area contributed by atoms with E-state index in [0.717, 1.165) is 5.69 Å². The van der Waals surface area contributed by atoms with E-state index in [1.165, 1.54) is 18.2 Å². The molecular weight excluding hydrogens is 341 g/mol. The molecular formula is C14H15BrFN3O2. The zero-order valence-corrected chi connectivity index (χ0v) is 13.2. The number of aromatic amines is 1. The Morgan fingerprint density at radius 3 is 2.86 bits per heavy atom. The van der Waals surface area contributed by atoms with Gasteiger partial charge in [-0.15, -0.1) is 0 Å². The van der Waals surface area contributed by atoms with Gasteiger partial charge in [-0.05, 0) is 40.0 Å². The highest BCUT2D eigenvalue weighted by Gasteiger charge is 2.10. The Hall–Kier alpha value is -1.89. The van der Waals surface area contributed by atoms with Crippen LogP contribution in [0.3, 0.4) is 0 Å². The first kappa shape index (κ1) is 15.5. The molecule has 0 aliphatic carbocycles. The summed E-state index contributed by atoms with van der Waals surface area (Å²) >= 11 is 3.17. The fraction of sp³-hybridized carbons (Fsp3) is 0.286. The summed E-state index contributed by atoms with van der Waals surface area (Å²) in [5.74, 6) is 0.431. The highest BCUT2D eigenvalue weighted by molar-refractivity contribution is 9.10. The summed E-state index contributed by atoms with van der Waals surface area (Å²) in [6.45, 7) is 3.86. The molecule has 0 saturated heterocycles. The summed E-state index contributed by atoms with van der Waals surface area (Å²) in [7, 11) is 0. The molecule has 0 aliphatic heterocycles. The number of hydrogen-bond acceptors (Lipinski definition) is 3. The summed E-state index contributed by atoms with van der Waals surface area (Å²) in [6, 6.07) is 5.77. The van der Waals surface area contributed by atoms with Crippen LogP contribution in [0.1, 0.15) is 25.5 Å². The zero-order chi connectivity index (χ0) is 15.4. The van der Waals surface area contributed by atoms with Gasteiger partial charge in [-0.1, -0.05) is 13.8 Å². The van der Waals surface area contributed by atoms with Crippen LogP contribution in [0.25, 0.3) is 0 Å². The maximum Gasteiger partial charge on any atom is 0.263 e. The number of anilines is 1. The van der Waals surface area contributed by atoms with Crippen molar-refractivity contribution in [2.45, 2.75) is 19.8 Å². The molecule has 1 amide bonds. The quantitative estimate of drug-likeness (QED) is 0.862. The molecule has 5 nitrogen and oxygen atoms in total. The average Bonchev–Trinajstić information content (AvgIpc) is 2.86. The number of nitrogens with zero attached hydrogens (tertiary/aromatic N) is 1. The lowest BCUT2D eigenvalue weighted by atomic mass is 10.1. The van der Waals surface area contributed by atoms with Crippen molar-refractivity contribution in [2.75, 3.05) is 11.9 Å². The normalized spacial score (nSPS) is 10.7. The van der Waals surface area contributed by atoms with E-state index in [-0.39, 0.29) is 18.3 Å². The number of benzene rings is 1. The van der Waals surface area contributed by atoms with Crippen molar-refractivity contribution >= 4 is 27.7 Å². The fourth-order valence-corrected chi connectivity index (χ4v) is 2.08. The van der Waals surface area contributed by atoms with Crippen LogP contribution in [-0.2, 0) is 4.79 Å². The number of nitrogens with one attached hydrogen (secondary N) is 2. The molecule has 2 rings (SSSR count). The second kappa shape index (κ2) is 6.71. The number of carbonyl (C=O) groups is 1. The van der Waals surface area contributed by atoms with E-state index < -0.39 is 0 Å². The number of halogens is 2. The first-order valence-electron chi connectivity index (χ1n) is 6.38. The van der Waals surface area contributed by atoms with E-state index in [1.807, 2.05) is 13.8 Å². The monoisotopic (exact) mass is 355 g/mol. The molecule has 7 heteroatoms. The molecule has 0 radical (unpaired) electrons. The zero-order valence-electron chi connectivity index (χ0n) is 11.6. The number of carbonyl (C=O) groups excluding carboxylic acids is 1. The van der Waals surface area contributed by atoms with E-state index in [9.17, 15) is 9.18 Å². The van der Waals surface area contributed by atoms with Crippen LogP contribution in [-0.4, -0.2) is 22.7 Å². The highest BCUT2D eigenvalue weighted by Crippen LogP contribution is 2.25. The molecule has 0 fully saturated rings. The third-order valence-electron chi connectivity index (χ3n) is 2.74. The lowest BCUT2D eigenvalue weighted by Crippen LogP contribution is -2.20. The van der Waals surface area contributed by atoms with Gasteiger partial charge in [0, 0.05) is 11.8 Å². The SMILES string of the molecule is CC(C)c1cc(NC(=O)COc2ccc(F)cc2Br)n[nH]1. The van der Waals surface area contributed by atoms with Gasteiger partial charge in [0.2, 0.25) is 0 Å². The summed E-state index contributed by atoms with van der Waals surface area (Å²) in [6.07, 6.45) is 0. The molecule has 0 unspecified atom stereocenters. The number of hydrogen-bond donors (Lipinski definition) is 2. The third-order valence-corrected chi connectivity index (χ3v) is 3.36. The Bertz CT molecular complexity index is 643. The molecule has 21 heavy (non-hydrogen) atoms. The van der Waals surface area contributed by atoms with Gasteiger partial charge in [0.25, 0.3) is 5.91 Å². The number of amides is 1. The Morgan fingerprint density at radius 1 is 1.48 bits per heavy atom. The van der Waals surface area contributed by atoms with E-state index in [2.05, 4.69) is 31.4 Å². The molecule has 112 valence electrons. The van der Waals surface area contributed by atoms with E-state index >= 15 is 0 Å². The predicted molar refractivity (Wildman–Crippen MR) is 80.9 cm³/mol. The van der Waals surface area contributed by atoms with Crippen LogP contribution >= 0.6 is 15.9 Å². The van der Waals surface area contributed by atoms with Crippen LogP contribution in [0, 0.1) is 5.82 Å². The molecule has 0 saturated carbocycles. The maximum atomic E-state index is 12.9. The molecule has 1 aromatic carbocycles. The van der Waals surface area contributed by atoms with Crippen molar-refractivity contribution in [2.24, 2.45) is 0 Å². The van der Waals surface area contributed by atoms with Crippen molar-refractivity contribution in [3.05, 3.63) is 40.2 Å². The largest absolute Gasteiger partial charge is 0.483 e. The molecule has 0 aliphatic rings. The summed E-state index contributed by atoms with van der Waals surface area (Å²) in [4.78, 5) is 11.8. The number of ether oxygens (including phenoxy) is 1. The minimum atomic E-state index is -0.378. The van der Waals surface area contributed by atoms with E-state index in [0.29, 0.717) is 22.0 Å². The Labute approximate surface area is 130 Å². The number of H-pyrrole nitrogens is 1. The average molecular weight is 356 g/mol. The van der Waals surface area contributed by atoms with E-state index in [1.54, 1.807) is 6.07 Å². The summed E-state index contributed by atoms with van der Waals surface area (Å²) in [5.41, 5.74) is 0.937. The summed E-state index contributed by atoms with van der Waals surface area (Å²) in [5, 5.41) is 9.46. The molecule has 2 N–H and O–H groups in total. The smallest absolute Gasteiger partial charge is 0.263 e. The standard InChI is InChI=1S/C14H15BrFN3O2/c1-8(2)11-6-13(19-18-11)17-14(20)7-21-12-4-3-9(16)5-10(12)15/h3-6,8H,7H2,1-2H3,(H2,17,18,19,20). The van der Waals surface area contributed by atoms with Crippen molar-refractivity contribution in [3.8, 4) is 5.75 Å². The van der Waals surface area contributed by atoms with Crippen LogP contribution in [0.2, 0.25) is 0 Å². The minimum absolute atomic E-state index is 0.186. The molecule has 2 aromatic rings. The Kier molecular flexibility index (Phi) is 4.95. The van der Waals surface area contributed by atoms with Gasteiger partial charge in [0.05, 0.1) is 4.47 Å². The van der Waals surface area contributed by atoms with Gasteiger partial charge < -0.3 is 10.1 Å². The lowest BCUT2D eigenvalue weighted by Gasteiger charge is -2.07. The highest BCUT2D eigenvalue weighted by atomic mass is 79.9. The van der Waals surface area contributed by atoms with Crippen LogP contribution in [0.5, 0.6) is 5.75 Å². The molecule has 0 bridgehead atoms. The van der Waals surface area contributed by atoms with Crippen molar-refractivity contribution in [3.63, 3.8) is 0 Å². The fourth-order valence-electron chi connectivity index (χ4n) is 1.61. The third kappa shape index (κ3) is 4.29. The first-order valence-corrected chi connectivity index (χ1v) is 7.18. The van der Waals surface area contributed by atoms with Crippen molar-refractivity contribution in [1.29, 1.82) is 0 Å². The molecule has 1 heterocycles. The maximum absolute atomic E-state index is 12.9. The van der Waals surface area contributed by atoms with Gasteiger partial charge in [0.15, 0.2) is 12.4 Å². The second-order valence-corrected chi connectivity index (χ2v) is 5.63. The van der Waals surface area contributed by atoms with Gasteiger partial charge in [-0.3, -0.25) is 9.89 Å². The molecule has 0 spiro atoms. The number of rotatable bonds is 5. The van der Waals surface area contributed by atoms with Gasteiger partial charge in [0.1, 0.15) is 11.6 Å². The van der Waals surface area contributed by atoms with Crippen LogP contribution in [0.4, 0.5) is 10.2 Å². The Morgan fingerprint density at radius 2 is 2.24 bits per heavy atom. The lowest BCUT2D eigenvalue weighted by molar-refractivity contribution is -0.118. The van der Waals surface area contributed by atoms with E-state index in [4.69, 9.17) is 4.74 Å². The first-order chi connectivity index (χ1) is 9.95. The molecule has 1 aromatic heterocycles. The summed E-state index contributed by atoms with van der Waals surface area (Å²) < 4.78 is 18.7. The number of aromatic nitrogens is 2. The Balaban J connectivity index is 1.89. The minimum Gasteiger partial charge on any atom is -0.483 e. The van der Waals surface area contributed by atoms with Gasteiger partial charge >= 0.3 is 0 Å². The van der Waals surface area contributed by atoms with Crippen molar-refractivity contribution in [1.82, 2.24) is 10.2 Å². The van der Waals surface area contributed by atoms with Gasteiger partial charge in [-0.2, -0.15) is 5.10 Å². The van der Waals surface area contributed by atoms with Gasteiger partial charge in [-0.25, -0.2) is 4.39 Å². The second-order valence-electron chi connectivity index (χ2n) is 4.77. The predicted octanol–water partition coefficient (Wildman–Crippen LogP) is 3.45. The molecule has 0 atom stereocenters. The van der Waals surface area contributed by atoms with Crippen LogP contribution < -0.4 is 10.1 Å². The topological polar surface area (TPSA) is 67.0 Å². The van der Waals surface area contributed by atoms with Crippen molar-refractivity contribution < 1.29 is 13.9 Å².